The Labute approximate surface area is 214 Å². The van der Waals surface area contributed by atoms with E-state index in [-0.39, 0.29) is 33.8 Å². The number of allylic oxidation sites excluding steroid dienone is 1. The smallest absolute Gasteiger partial charge is 0.352 e. The number of nitrogens with two attached hydrogens (primary N) is 1. The van der Waals surface area contributed by atoms with Gasteiger partial charge in [-0.25, -0.2) is 9.78 Å². The molecule has 5 rings (SSSR count). The van der Waals surface area contributed by atoms with Crippen LogP contribution in [0, 0.1) is 0 Å². The van der Waals surface area contributed by atoms with Crippen molar-refractivity contribution in [2.24, 2.45) is 5.16 Å². The number of rotatable bonds is 6. The maximum absolute atomic E-state index is 13.1. The number of carboxylic acid groups (broad SMARTS) is 1. The Kier molecular flexibility index (Phi) is 6.19. The van der Waals surface area contributed by atoms with E-state index >= 15 is 0 Å². The van der Waals surface area contributed by atoms with Gasteiger partial charge >= 0.3 is 5.97 Å². The largest absolute Gasteiger partial charge is 0.477 e. The number of nitrogens with zero attached hydrogens (tertiary/aromatic N) is 5. The molecule has 2 atom stereocenters. The lowest BCUT2D eigenvalue weighted by molar-refractivity contribution is -0.150. The fourth-order valence-corrected chi connectivity index (χ4v) is 6.67. The van der Waals surface area contributed by atoms with Gasteiger partial charge < -0.3 is 26.7 Å². The number of hydrogen-bond acceptors (Lipinski definition) is 13. The van der Waals surface area contributed by atoms with Gasteiger partial charge in [0, 0.05) is 34.4 Å². The number of aromatic nitrogens is 3. The van der Waals surface area contributed by atoms with Gasteiger partial charge in [-0.3, -0.25) is 19.3 Å². The number of carbonyl (C=O) groups excluding carboxylic acids is 3. The average molecular weight is 549 g/mol. The molecule has 6 N–H and O–H groups in total. The first-order valence-corrected chi connectivity index (χ1v) is 13.1. The number of carbonyl (C=O) groups is 4. The molecular weight excluding hydrogens is 532 g/mol. The van der Waals surface area contributed by atoms with Crippen molar-refractivity contribution in [3.8, 4) is 0 Å². The molecule has 0 radical (unpaired) electrons. The summed E-state index contributed by atoms with van der Waals surface area (Å²) in [6.07, 6.45) is 0.370. The van der Waals surface area contributed by atoms with Crippen molar-refractivity contribution in [2.75, 3.05) is 18.0 Å². The highest BCUT2D eigenvalue weighted by atomic mass is 32.2. The van der Waals surface area contributed by atoms with Gasteiger partial charge in [0.1, 0.15) is 33.3 Å². The molecule has 17 heteroatoms. The first kappa shape index (κ1) is 23.9. The quantitative estimate of drug-likeness (QED) is 0.102. The third-order valence-corrected chi connectivity index (χ3v) is 8.31. The summed E-state index contributed by atoms with van der Waals surface area (Å²) in [6.45, 7) is 0.401. The molecule has 0 saturated carbocycles. The standard InChI is InChI=1S/C19H16N8O6S3/c20-19-23-8(4-35-19)10(26-33)14(29)24-11-16(30)27-12(18(31)32)7(3-34-17(11)27)9(15-25-22-5-36-15)6-1-2-21-13(6)28/h4-5,11,17,33H,1-3H2,(H2,20,23)(H,21,28)(H,24,29)(H,31,32)/t11-,17-/m1/s1. The van der Waals surface area contributed by atoms with Crippen LogP contribution in [0.3, 0.4) is 0 Å². The van der Waals surface area contributed by atoms with Crippen LogP contribution >= 0.6 is 34.4 Å². The molecule has 0 aliphatic carbocycles. The maximum Gasteiger partial charge on any atom is 0.352 e. The van der Waals surface area contributed by atoms with Crippen LogP contribution in [0.2, 0.25) is 0 Å². The molecule has 2 aromatic rings. The summed E-state index contributed by atoms with van der Waals surface area (Å²) < 4.78 is 0. The van der Waals surface area contributed by atoms with Crippen LogP contribution in [0.5, 0.6) is 0 Å². The molecule has 14 nitrogen and oxygen atoms in total. The van der Waals surface area contributed by atoms with Crippen LogP contribution in [0.4, 0.5) is 5.13 Å². The summed E-state index contributed by atoms with van der Waals surface area (Å²) in [5, 5.41) is 36.6. The number of β-lactam (4-membered cyclic amide) rings is 1. The Bertz CT molecular complexity index is 1380. The third-order valence-electron chi connectivity index (χ3n) is 5.65. The van der Waals surface area contributed by atoms with E-state index in [2.05, 4.69) is 31.0 Å². The van der Waals surface area contributed by atoms with Gasteiger partial charge in [-0.15, -0.1) is 33.3 Å². The van der Waals surface area contributed by atoms with Crippen LogP contribution in [0.1, 0.15) is 17.1 Å². The zero-order valence-electron chi connectivity index (χ0n) is 18.0. The number of thiazole rings is 1. The van der Waals surface area contributed by atoms with Crippen LogP contribution in [0.25, 0.3) is 5.57 Å². The first-order chi connectivity index (χ1) is 17.3. The molecule has 36 heavy (non-hydrogen) atoms. The molecule has 3 aliphatic rings. The highest BCUT2D eigenvalue weighted by molar-refractivity contribution is 8.00. The van der Waals surface area contributed by atoms with Gasteiger partial charge in [0.25, 0.3) is 11.8 Å². The Morgan fingerprint density at radius 3 is 2.69 bits per heavy atom. The summed E-state index contributed by atoms with van der Waals surface area (Å²) in [4.78, 5) is 55.6. The SMILES string of the molecule is Nc1nc(C(=NO)C(=O)N[C@@H]2C(=O)N3C(C(=O)O)=C(C(=C4CCNC4=O)c4nncs4)CS[C@H]23)cs1. The van der Waals surface area contributed by atoms with Crippen molar-refractivity contribution in [3.05, 3.63) is 38.4 Å². The number of fused-ring (bicyclic) bond motifs is 1. The Morgan fingerprint density at radius 1 is 1.31 bits per heavy atom. The normalized spacial score (nSPS) is 23.2. The van der Waals surface area contributed by atoms with Crippen LogP contribution in [0.15, 0.2) is 32.9 Å². The predicted octanol–water partition coefficient (Wildman–Crippen LogP) is -0.533. The fraction of sp³-hybridized carbons (Fsp3) is 0.263. The number of aliphatic carboxylic acids is 1. The number of oxime groups is 1. The minimum atomic E-state index is -1.36. The second-order valence-electron chi connectivity index (χ2n) is 7.62. The summed E-state index contributed by atoms with van der Waals surface area (Å²) in [5.41, 5.74) is 7.37. The molecule has 2 saturated heterocycles. The van der Waals surface area contributed by atoms with Gasteiger partial charge in [0.2, 0.25) is 5.91 Å². The zero-order valence-corrected chi connectivity index (χ0v) is 20.4. The average Bonchev–Trinajstić information content (AvgIpc) is 3.62. The van der Waals surface area contributed by atoms with Crippen LogP contribution in [-0.2, 0) is 19.2 Å². The highest BCUT2D eigenvalue weighted by Crippen LogP contribution is 2.45. The van der Waals surface area contributed by atoms with Gasteiger partial charge in [0.05, 0.1) is 0 Å². The molecular formula is C19H16N8O6S3. The molecule has 5 heterocycles. The number of nitrogen functional groups attached to an aromatic ring is 1. The van der Waals surface area contributed by atoms with Crippen molar-refractivity contribution in [2.45, 2.75) is 17.8 Å². The van der Waals surface area contributed by atoms with Crippen LogP contribution in [-0.4, -0.2) is 83.5 Å². The number of thioether (sulfide) groups is 1. The van der Waals surface area contributed by atoms with E-state index in [1.54, 1.807) is 0 Å². The molecule has 2 fully saturated rings. The van der Waals surface area contributed by atoms with Crippen molar-refractivity contribution in [1.29, 1.82) is 0 Å². The number of nitrogens with one attached hydrogen (secondary N) is 2. The molecule has 0 aromatic carbocycles. The van der Waals surface area contributed by atoms with E-state index in [4.69, 9.17) is 5.73 Å². The van der Waals surface area contributed by atoms with Crippen molar-refractivity contribution in [1.82, 2.24) is 30.7 Å². The molecule has 3 amide bonds. The second kappa shape index (κ2) is 9.32. The topological polar surface area (TPSA) is 213 Å². The molecule has 0 bridgehead atoms. The fourth-order valence-electron chi connectivity index (χ4n) is 4.11. The predicted molar refractivity (Wildman–Crippen MR) is 129 cm³/mol. The minimum absolute atomic E-state index is 0.0361. The van der Waals surface area contributed by atoms with Gasteiger partial charge in [-0.2, -0.15) is 0 Å². The first-order valence-electron chi connectivity index (χ1n) is 10.3. The van der Waals surface area contributed by atoms with Crippen LogP contribution < -0.4 is 16.4 Å². The Hall–Kier alpha value is -3.83. The second-order valence-corrected chi connectivity index (χ2v) is 10.4. The number of anilines is 1. The Balaban J connectivity index is 1.47. The van der Waals surface area contributed by atoms with E-state index in [1.165, 1.54) is 22.7 Å². The summed E-state index contributed by atoms with van der Waals surface area (Å²) in [7, 11) is 0. The lowest BCUT2D eigenvalue weighted by Gasteiger charge is -2.49. The van der Waals surface area contributed by atoms with E-state index < -0.39 is 34.9 Å². The van der Waals surface area contributed by atoms with Crippen molar-refractivity contribution < 1.29 is 29.5 Å². The van der Waals surface area contributed by atoms with E-state index in [1.807, 2.05) is 0 Å². The van der Waals surface area contributed by atoms with Crippen molar-refractivity contribution >= 4 is 74.5 Å². The lowest BCUT2D eigenvalue weighted by atomic mass is 9.95. The monoisotopic (exact) mass is 548 g/mol. The van der Waals surface area contributed by atoms with E-state index in [0.29, 0.717) is 29.1 Å². The maximum atomic E-state index is 13.1. The molecule has 0 spiro atoms. The van der Waals surface area contributed by atoms with Gasteiger partial charge in [-0.05, 0) is 6.42 Å². The van der Waals surface area contributed by atoms with Gasteiger partial charge in [-0.1, -0.05) is 16.5 Å². The Morgan fingerprint density at radius 2 is 2.11 bits per heavy atom. The molecule has 0 unspecified atom stereocenters. The number of amides is 3. The van der Waals surface area contributed by atoms with E-state index in [0.717, 1.165) is 27.6 Å². The molecule has 2 aromatic heterocycles. The number of carboxylic acids is 1. The third kappa shape index (κ3) is 3.90. The lowest BCUT2D eigenvalue weighted by Crippen LogP contribution is -2.71. The number of hydrogen-bond donors (Lipinski definition) is 5. The highest BCUT2D eigenvalue weighted by Gasteiger charge is 2.55. The van der Waals surface area contributed by atoms with Crippen molar-refractivity contribution in [3.63, 3.8) is 0 Å². The molecule has 186 valence electrons. The summed E-state index contributed by atoms with van der Waals surface area (Å²) in [6, 6.07) is -1.07. The van der Waals surface area contributed by atoms with E-state index in [9.17, 15) is 29.5 Å². The zero-order chi connectivity index (χ0) is 25.6. The summed E-state index contributed by atoms with van der Waals surface area (Å²) in [5.74, 6) is -3.08. The van der Waals surface area contributed by atoms with Gasteiger partial charge in [0.15, 0.2) is 10.8 Å². The minimum Gasteiger partial charge on any atom is -0.477 e. The molecule has 3 aliphatic heterocycles. The summed E-state index contributed by atoms with van der Waals surface area (Å²) >= 11 is 3.42.